The SMILES string of the molecule is CC(=O)OCC[CH]OC(=O)C(C)(C)C. The van der Waals surface area contributed by atoms with E-state index in [1.165, 1.54) is 13.5 Å². The second kappa shape index (κ2) is 5.62. The second-order valence-corrected chi connectivity index (χ2v) is 3.95. The Balaban J connectivity index is 3.46. The lowest BCUT2D eigenvalue weighted by molar-refractivity contribution is -0.149. The van der Waals surface area contributed by atoms with Gasteiger partial charge in [-0.15, -0.1) is 0 Å². The van der Waals surface area contributed by atoms with Gasteiger partial charge in [-0.25, -0.2) is 0 Å². The summed E-state index contributed by atoms with van der Waals surface area (Å²) in [5.41, 5.74) is -0.502. The summed E-state index contributed by atoms with van der Waals surface area (Å²) < 4.78 is 9.48. The predicted molar refractivity (Wildman–Crippen MR) is 51.1 cm³/mol. The highest BCUT2D eigenvalue weighted by molar-refractivity contribution is 5.75. The maximum atomic E-state index is 11.2. The van der Waals surface area contributed by atoms with Crippen molar-refractivity contribution in [1.82, 2.24) is 0 Å². The molecule has 0 saturated heterocycles. The molecule has 0 spiro atoms. The maximum Gasteiger partial charge on any atom is 0.311 e. The summed E-state index contributed by atoms with van der Waals surface area (Å²) in [6.07, 6.45) is 0.418. The van der Waals surface area contributed by atoms with Crippen LogP contribution in [0.4, 0.5) is 0 Å². The molecule has 0 aromatic heterocycles. The van der Waals surface area contributed by atoms with E-state index in [4.69, 9.17) is 4.74 Å². The summed E-state index contributed by atoms with van der Waals surface area (Å²) in [5.74, 6) is -0.624. The van der Waals surface area contributed by atoms with E-state index in [2.05, 4.69) is 4.74 Å². The van der Waals surface area contributed by atoms with Gasteiger partial charge in [-0.05, 0) is 20.8 Å². The summed E-state index contributed by atoms with van der Waals surface area (Å²) in [4.78, 5) is 21.6. The van der Waals surface area contributed by atoms with Crippen molar-refractivity contribution >= 4 is 11.9 Å². The fourth-order valence-corrected chi connectivity index (χ4v) is 0.562. The van der Waals surface area contributed by atoms with Crippen LogP contribution in [0, 0.1) is 12.0 Å². The third-order valence-electron chi connectivity index (χ3n) is 1.34. The van der Waals surface area contributed by atoms with Crippen molar-refractivity contribution in [1.29, 1.82) is 0 Å². The smallest absolute Gasteiger partial charge is 0.311 e. The highest BCUT2D eigenvalue weighted by Crippen LogP contribution is 2.15. The molecule has 4 nitrogen and oxygen atoms in total. The van der Waals surface area contributed by atoms with Crippen LogP contribution in [0.2, 0.25) is 0 Å². The van der Waals surface area contributed by atoms with Crippen LogP contribution in [-0.2, 0) is 19.1 Å². The number of esters is 2. The van der Waals surface area contributed by atoms with E-state index in [1.807, 2.05) is 0 Å². The first kappa shape index (κ1) is 12.9. The monoisotopic (exact) mass is 201 g/mol. The van der Waals surface area contributed by atoms with E-state index in [1.54, 1.807) is 20.8 Å². The van der Waals surface area contributed by atoms with Crippen molar-refractivity contribution in [3.63, 3.8) is 0 Å². The number of carbonyl (C=O) groups is 2. The van der Waals surface area contributed by atoms with Gasteiger partial charge in [0, 0.05) is 13.3 Å². The maximum absolute atomic E-state index is 11.2. The Hall–Kier alpha value is -1.06. The van der Waals surface area contributed by atoms with Gasteiger partial charge in [-0.3, -0.25) is 9.59 Å². The average molecular weight is 201 g/mol. The number of hydrogen-bond donors (Lipinski definition) is 0. The molecule has 0 N–H and O–H groups in total. The van der Waals surface area contributed by atoms with Crippen LogP contribution < -0.4 is 0 Å². The molecule has 0 aliphatic heterocycles. The Bertz CT molecular complexity index is 203. The molecule has 0 aromatic carbocycles. The van der Waals surface area contributed by atoms with Crippen LogP contribution in [0.25, 0.3) is 0 Å². The zero-order valence-electron chi connectivity index (χ0n) is 9.12. The second-order valence-electron chi connectivity index (χ2n) is 3.95. The zero-order valence-corrected chi connectivity index (χ0v) is 9.12. The Kier molecular flexibility index (Phi) is 5.20. The van der Waals surface area contributed by atoms with Crippen molar-refractivity contribution in [2.45, 2.75) is 34.1 Å². The minimum atomic E-state index is -0.502. The van der Waals surface area contributed by atoms with Gasteiger partial charge in [0.25, 0.3) is 0 Å². The molecule has 14 heavy (non-hydrogen) atoms. The lowest BCUT2D eigenvalue weighted by Gasteiger charge is -2.15. The minimum Gasteiger partial charge on any atom is -0.466 e. The quantitative estimate of drug-likeness (QED) is 0.513. The standard InChI is InChI=1S/C10H17O4/c1-8(11)13-6-5-7-14-9(12)10(2,3)4/h7H,5-6H2,1-4H3. The third-order valence-corrected chi connectivity index (χ3v) is 1.34. The average Bonchev–Trinajstić information content (AvgIpc) is 2.01. The number of hydrogen-bond acceptors (Lipinski definition) is 4. The van der Waals surface area contributed by atoms with Crippen LogP contribution in [0.5, 0.6) is 0 Å². The van der Waals surface area contributed by atoms with Gasteiger partial charge in [-0.1, -0.05) is 0 Å². The first-order valence-electron chi connectivity index (χ1n) is 4.50. The molecule has 0 rings (SSSR count). The fraction of sp³-hybridized carbons (Fsp3) is 0.700. The Morgan fingerprint density at radius 2 is 1.86 bits per heavy atom. The third kappa shape index (κ3) is 6.46. The topological polar surface area (TPSA) is 52.6 Å². The molecular formula is C10H17O4. The molecule has 0 aliphatic rings. The van der Waals surface area contributed by atoms with Crippen molar-refractivity contribution in [3.05, 3.63) is 6.61 Å². The van der Waals surface area contributed by atoms with E-state index >= 15 is 0 Å². The summed E-state index contributed by atoms with van der Waals surface area (Å²) in [7, 11) is 0. The first-order chi connectivity index (χ1) is 6.34. The van der Waals surface area contributed by atoms with Crippen LogP contribution in [0.3, 0.4) is 0 Å². The molecule has 0 unspecified atom stereocenters. The zero-order chi connectivity index (χ0) is 11.2. The molecule has 0 aromatic rings. The van der Waals surface area contributed by atoms with Gasteiger partial charge >= 0.3 is 11.9 Å². The van der Waals surface area contributed by atoms with Gasteiger partial charge in [0.2, 0.25) is 0 Å². The first-order valence-corrected chi connectivity index (χ1v) is 4.50. The van der Waals surface area contributed by atoms with E-state index in [9.17, 15) is 9.59 Å². The van der Waals surface area contributed by atoms with E-state index in [0.29, 0.717) is 6.42 Å². The molecule has 4 heteroatoms. The summed E-state index contributed by atoms with van der Waals surface area (Å²) in [5, 5.41) is 0. The minimum absolute atomic E-state index is 0.243. The molecule has 0 heterocycles. The summed E-state index contributed by atoms with van der Waals surface area (Å²) in [6.45, 7) is 8.25. The van der Waals surface area contributed by atoms with Crippen molar-refractivity contribution < 1.29 is 19.1 Å². The van der Waals surface area contributed by atoms with Crippen LogP contribution in [0.15, 0.2) is 0 Å². The molecule has 0 amide bonds. The lowest BCUT2D eigenvalue weighted by Crippen LogP contribution is -2.22. The van der Waals surface area contributed by atoms with Gasteiger partial charge in [0.15, 0.2) is 0 Å². The molecule has 81 valence electrons. The lowest BCUT2D eigenvalue weighted by atomic mass is 9.97. The molecule has 0 atom stereocenters. The van der Waals surface area contributed by atoms with Gasteiger partial charge in [-0.2, -0.15) is 0 Å². The molecular weight excluding hydrogens is 184 g/mol. The van der Waals surface area contributed by atoms with Gasteiger partial charge in [0.1, 0.15) is 6.61 Å². The molecule has 0 saturated carbocycles. The van der Waals surface area contributed by atoms with Crippen molar-refractivity contribution in [3.8, 4) is 0 Å². The van der Waals surface area contributed by atoms with Crippen molar-refractivity contribution in [2.75, 3.05) is 6.61 Å². The Morgan fingerprint density at radius 1 is 1.29 bits per heavy atom. The molecule has 0 bridgehead atoms. The van der Waals surface area contributed by atoms with Crippen LogP contribution in [0.1, 0.15) is 34.1 Å². The van der Waals surface area contributed by atoms with Crippen LogP contribution in [-0.4, -0.2) is 18.5 Å². The predicted octanol–water partition coefficient (Wildman–Crippen LogP) is 1.69. The van der Waals surface area contributed by atoms with E-state index < -0.39 is 5.41 Å². The van der Waals surface area contributed by atoms with Crippen LogP contribution >= 0.6 is 0 Å². The highest BCUT2D eigenvalue weighted by atomic mass is 16.5. The number of carbonyl (C=O) groups excluding carboxylic acids is 2. The normalized spacial score (nSPS) is 10.9. The summed E-state index contributed by atoms with van der Waals surface area (Å²) >= 11 is 0. The van der Waals surface area contributed by atoms with Gasteiger partial charge in [0.05, 0.1) is 12.0 Å². The van der Waals surface area contributed by atoms with E-state index in [-0.39, 0.29) is 18.5 Å². The molecule has 0 fully saturated rings. The summed E-state index contributed by atoms with van der Waals surface area (Å²) in [6, 6.07) is 0. The molecule has 0 aliphatic carbocycles. The Labute approximate surface area is 84.6 Å². The molecule has 1 radical (unpaired) electrons. The largest absolute Gasteiger partial charge is 0.466 e. The number of ether oxygens (including phenoxy) is 2. The fourth-order valence-electron chi connectivity index (χ4n) is 0.562. The number of rotatable bonds is 4. The van der Waals surface area contributed by atoms with Gasteiger partial charge < -0.3 is 9.47 Å². The Morgan fingerprint density at radius 3 is 2.29 bits per heavy atom. The van der Waals surface area contributed by atoms with E-state index in [0.717, 1.165) is 0 Å². The van der Waals surface area contributed by atoms with Crippen molar-refractivity contribution in [2.24, 2.45) is 5.41 Å². The highest BCUT2D eigenvalue weighted by Gasteiger charge is 2.22.